The van der Waals surface area contributed by atoms with Crippen LogP contribution < -0.4 is 15.0 Å². The molecule has 0 saturated carbocycles. The fourth-order valence-electron chi connectivity index (χ4n) is 2.27. The predicted molar refractivity (Wildman–Crippen MR) is 83.2 cm³/mol. The van der Waals surface area contributed by atoms with Crippen LogP contribution in [0.4, 0.5) is 11.6 Å². The second-order valence-corrected chi connectivity index (χ2v) is 4.92. The monoisotopic (exact) mass is 301 g/mol. The lowest BCUT2D eigenvalue weighted by atomic mass is 10.2. The van der Waals surface area contributed by atoms with E-state index < -0.39 is 0 Å². The minimum Gasteiger partial charge on any atom is -0.481 e. The quantitative estimate of drug-likeness (QED) is 0.893. The average molecular weight is 301 g/mol. The molecule has 3 heterocycles. The standard InChI is InChI=1S/C15H19N5O2/c1-21-15-8-12(2-3-16-15)10-17-13-9-14(19-11-18-13)20-4-6-22-7-5-20/h2-3,8-9,11H,4-7,10H2,1H3,(H,17,18,19). The Labute approximate surface area is 129 Å². The number of morpholine rings is 1. The molecule has 7 heteroatoms. The number of aromatic nitrogens is 3. The fraction of sp³-hybridized carbons (Fsp3) is 0.400. The van der Waals surface area contributed by atoms with Crippen molar-refractivity contribution in [2.24, 2.45) is 0 Å². The Kier molecular flexibility index (Phi) is 4.65. The van der Waals surface area contributed by atoms with Crippen molar-refractivity contribution in [2.45, 2.75) is 6.54 Å². The van der Waals surface area contributed by atoms with E-state index in [4.69, 9.17) is 9.47 Å². The molecule has 1 aliphatic heterocycles. The van der Waals surface area contributed by atoms with Crippen molar-refractivity contribution in [1.82, 2.24) is 15.0 Å². The molecule has 116 valence electrons. The molecule has 0 atom stereocenters. The molecule has 1 fully saturated rings. The van der Waals surface area contributed by atoms with E-state index in [9.17, 15) is 0 Å². The summed E-state index contributed by atoms with van der Waals surface area (Å²) >= 11 is 0. The number of pyridine rings is 1. The maximum Gasteiger partial charge on any atom is 0.213 e. The van der Waals surface area contributed by atoms with Crippen LogP contribution in [-0.2, 0) is 11.3 Å². The Morgan fingerprint density at radius 1 is 1.23 bits per heavy atom. The van der Waals surface area contributed by atoms with E-state index in [0.29, 0.717) is 12.4 Å². The van der Waals surface area contributed by atoms with Crippen molar-refractivity contribution < 1.29 is 9.47 Å². The van der Waals surface area contributed by atoms with Crippen molar-refractivity contribution >= 4 is 11.6 Å². The second-order valence-electron chi connectivity index (χ2n) is 4.92. The number of nitrogens with zero attached hydrogens (tertiary/aromatic N) is 4. The molecule has 0 radical (unpaired) electrons. The zero-order chi connectivity index (χ0) is 15.2. The summed E-state index contributed by atoms with van der Waals surface area (Å²) in [5.74, 6) is 2.33. The third-order valence-electron chi connectivity index (χ3n) is 3.47. The Balaban J connectivity index is 1.64. The minimum atomic E-state index is 0.607. The van der Waals surface area contributed by atoms with Crippen LogP contribution in [0.15, 0.2) is 30.7 Å². The molecule has 22 heavy (non-hydrogen) atoms. The van der Waals surface area contributed by atoms with Crippen LogP contribution in [0.3, 0.4) is 0 Å². The van der Waals surface area contributed by atoms with Gasteiger partial charge in [0.25, 0.3) is 0 Å². The predicted octanol–water partition coefficient (Wildman–Crippen LogP) is 1.33. The van der Waals surface area contributed by atoms with Crippen molar-refractivity contribution in [2.75, 3.05) is 43.6 Å². The number of ether oxygens (including phenoxy) is 2. The van der Waals surface area contributed by atoms with Crippen LogP contribution >= 0.6 is 0 Å². The van der Waals surface area contributed by atoms with Crippen LogP contribution in [0.1, 0.15) is 5.56 Å². The molecule has 3 rings (SSSR count). The third kappa shape index (κ3) is 3.62. The van der Waals surface area contributed by atoms with Gasteiger partial charge in [0, 0.05) is 38.0 Å². The largest absolute Gasteiger partial charge is 0.481 e. The lowest BCUT2D eigenvalue weighted by Crippen LogP contribution is -2.36. The molecule has 0 bridgehead atoms. The van der Waals surface area contributed by atoms with E-state index in [0.717, 1.165) is 43.5 Å². The fourth-order valence-corrected chi connectivity index (χ4v) is 2.27. The lowest BCUT2D eigenvalue weighted by molar-refractivity contribution is 0.122. The highest BCUT2D eigenvalue weighted by Gasteiger charge is 2.12. The Hall–Kier alpha value is -2.41. The summed E-state index contributed by atoms with van der Waals surface area (Å²) in [6, 6.07) is 5.81. The van der Waals surface area contributed by atoms with Gasteiger partial charge in [-0.15, -0.1) is 0 Å². The van der Waals surface area contributed by atoms with E-state index in [1.54, 1.807) is 19.6 Å². The minimum absolute atomic E-state index is 0.607. The summed E-state index contributed by atoms with van der Waals surface area (Å²) in [5, 5.41) is 3.30. The molecular weight excluding hydrogens is 282 g/mol. The summed E-state index contributed by atoms with van der Waals surface area (Å²) in [7, 11) is 1.61. The topological polar surface area (TPSA) is 72.4 Å². The summed E-state index contributed by atoms with van der Waals surface area (Å²) in [6.07, 6.45) is 3.31. The molecule has 1 aliphatic rings. The van der Waals surface area contributed by atoms with Crippen LogP contribution in [0, 0.1) is 0 Å². The normalized spacial score (nSPS) is 14.7. The van der Waals surface area contributed by atoms with Crippen LogP contribution in [0.2, 0.25) is 0 Å². The lowest BCUT2D eigenvalue weighted by Gasteiger charge is -2.27. The smallest absolute Gasteiger partial charge is 0.213 e. The molecule has 7 nitrogen and oxygen atoms in total. The number of nitrogens with one attached hydrogen (secondary N) is 1. The maximum atomic E-state index is 5.36. The van der Waals surface area contributed by atoms with Crippen LogP contribution in [-0.4, -0.2) is 48.4 Å². The summed E-state index contributed by atoms with van der Waals surface area (Å²) in [5.41, 5.74) is 1.08. The van der Waals surface area contributed by atoms with E-state index in [1.165, 1.54) is 0 Å². The Morgan fingerprint density at radius 3 is 2.91 bits per heavy atom. The summed E-state index contributed by atoms with van der Waals surface area (Å²) in [4.78, 5) is 14.9. The number of anilines is 2. The van der Waals surface area contributed by atoms with Gasteiger partial charge < -0.3 is 19.7 Å². The molecule has 2 aromatic rings. The van der Waals surface area contributed by atoms with Gasteiger partial charge in [0.05, 0.1) is 20.3 Å². The SMILES string of the molecule is COc1cc(CNc2cc(N3CCOCC3)ncn2)ccn1. The molecule has 0 aliphatic carbocycles. The van der Waals surface area contributed by atoms with Gasteiger partial charge in [-0.05, 0) is 11.6 Å². The molecule has 0 spiro atoms. The number of methoxy groups -OCH3 is 1. The molecular formula is C15H19N5O2. The first kappa shape index (κ1) is 14.5. The molecule has 2 aromatic heterocycles. The number of rotatable bonds is 5. The molecule has 0 aromatic carbocycles. The van der Waals surface area contributed by atoms with Crippen LogP contribution in [0.5, 0.6) is 5.88 Å². The van der Waals surface area contributed by atoms with Gasteiger partial charge >= 0.3 is 0 Å². The van der Waals surface area contributed by atoms with Crippen molar-refractivity contribution in [1.29, 1.82) is 0 Å². The number of hydrogen-bond acceptors (Lipinski definition) is 7. The first-order valence-electron chi connectivity index (χ1n) is 7.23. The molecule has 0 unspecified atom stereocenters. The van der Waals surface area contributed by atoms with Crippen molar-refractivity contribution in [3.05, 3.63) is 36.3 Å². The summed E-state index contributed by atoms with van der Waals surface area (Å²) < 4.78 is 10.5. The number of hydrogen-bond donors (Lipinski definition) is 1. The highest BCUT2D eigenvalue weighted by Crippen LogP contribution is 2.16. The zero-order valence-electron chi connectivity index (χ0n) is 12.5. The van der Waals surface area contributed by atoms with Gasteiger partial charge in [-0.1, -0.05) is 0 Å². The highest BCUT2D eigenvalue weighted by atomic mass is 16.5. The van der Waals surface area contributed by atoms with Gasteiger partial charge in [-0.3, -0.25) is 0 Å². The van der Waals surface area contributed by atoms with Gasteiger partial charge in [-0.2, -0.15) is 0 Å². The second kappa shape index (κ2) is 7.04. The van der Waals surface area contributed by atoms with Gasteiger partial charge in [0.15, 0.2) is 0 Å². The van der Waals surface area contributed by atoms with E-state index in [1.807, 2.05) is 18.2 Å². The first-order valence-corrected chi connectivity index (χ1v) is 7.23. The third-order valence-corrected chi connectivity index (χ3v) is 3.47. The van der Waals surface area contributed by atoms with E-state index in [-0.39, 0.29) is 0 Å². The maximum absolute atomic E-state index is 5.36. The first-order chi connectivity index (χ1) is 10.8. The Bertz CT molecular complexity index is 616. The van der Waals surface area contributed by atoms with Crippen molar-refractivity contribution in [3.63, 3.8) is 0 Å². The Morgan fingerprint density at radius 2 is 2.09 bits per heavy atom. The molecule has 1 N–H and O–H groups in total. The molecule has 1 saturated heterocycles. The molecule has 0 amide bonds. The van der Waals surface area contributed by atoms with E-state index in [2.05, 4.69) is 25.2 Å². The van der Waals surface area contributed by atoms with Crippen LogP contribution in [0.25, 0.3) is 0 Å². The summed E-state index contributed by atoms with van der Waals surface area (Å²) in [6.45, 7) is 3.85. The zero-order valence-corrected chi connectivity index (χ0v) is 12.5. The van der Waals surface area contributed by atoms with E-state index >= 15 is 0 Å². The van der Waals surface area contributed by atoms with Gasteiger partial charge in [-0.25, -0.2) is 15.0 Å². The van der Waals surface area contributed by atoms with Crippen molar-refractivity contribution in [3.8, 4) is 5.88 Å². The average Bonchev–Trinajstić information content (AvgIpc) is 2.61. The van der Waals surface area contributed by atoms with Gasteiger partial charge in [0.2, 0.25) is 5.88 Å². The van der Waals surface area contributed by atoms with Gasteiger partial charge in [0.1, 0.15) is 18.0 Å². The highest BCUT2D eigenvalue weighted by molar-refractivity contribution is 5.49.